The van der Waals surface area contributed by atoms with Crippen LogP contribution in [0.4, 0.5) is 5.13 Å². The van der Waals surface area contributed by atoms with Crippen LogP contribution in [0.25, 0.3) is 10.2 Å². The lowest BCUT2D eigenvalue weighted by molar-refractivity contribution is 0.0985. The third-order valence-corrected chi connectivity index (χ3v) is 5.81. The van der Waals surface area contributed by atoms with Gasteiger partial charge in [-0.05, 0) is 55.0 Å². The topological polar surface area (TPSA) is 46.1 Å². The number of aryl methyl sites for hydroxylation is 1. The summed E-state index contributed by atoms with van der Waals surface area (Å²) in [7, 11) is 0. The van der Waals surface area contributed by atoms with E-state index in [9.17, 15) is 4.79 Å². The van der Waals surface area contributed by atoms with Gasteiger partial charge in [-0.15, -0.1) is 0 Å². The molecule has 0 aliphatic carbocycles. The molecule has 4 aromatic rings. The molecule has 1 amide bonds. The number of carbonyl (C=O) groups is 1. The number of benzene rings is 2. The molecule has 7 heteroatoms. The van der Waals surface area contributed by atoms with Crippen LogP contribution in [0.1, 0.15) is 21.6 Å². The fourth-order valence-corrected chi connectivity index (χ4v) is 4.37. The highest BCUT2D eigenvalue weighted by Crippen LogP contribution is 2.32. The SMILES string of the molecule is Cc1ccc2nc(N(Cc3ccccn3)C(=O)c3ccc(Cl)cc3Cl)sc2c1. The van der Waals surface area contributed by atoms with E-state index in [4.69, 9.17) is 23.2 Å². The summed E-state index contributed by atoms with van der Waals surface area (Å²) >= 11 is 13.7. The van der Waals surface area contributed by atoms with E-state index in [0.717, 1.165) is 21.5 Å². The highest BCUT2D eigenvalue weighted by Gasteiger charge is 2.24. The number of hydrogen-bond acceptors (Lipinski definition) is 4. The van der Waals surface area contributed by atoms with Gasteiger partial charge in [-0.2, -0.15) is 0 Å². The summed E-state index contributed by atoms with van der Waals surface area (Å²) in [4.78, 5) is 24.0. The fraction of sp³-hybridized carbons (Fsp3) is 0.0952. The summed E-state index contributed by atoms with van der Waals surface area (Å²) in [6.07, 6.45) is 1.70. The van der Waals surface area contributed by atoms with E-state index in [1.165, 1.54) is 11.3 Å². The molecule has 0 unspecified atom stereocenters. The molecule has 0 fully saturated rings. The van der Waals surface area contributed by atoms with E-state index in [0.29, 0.717) is 20.7 Å². The Morgan fingerprint density at radius 2 is 1.96 bits per heavy atom. The molecule has 0 bridgehead atoms. The lowest BCUT2D eigenvalue weighted by Gasteiger charge is -2.20. The number of amides is 1. The number of thiazole rings is 1. The molecule has 0 spiro atoms. The minimum absolute atomic E-state index is 0.247. The molecule has 0 atom stereocenters. The van der Waals surface area contributed by atoms with Gasteiger partial charge in [0.25, 0.3) is 5.91 Å². The molecule has 2 heterocycles. The van der Waals surface area contributed by atoms with E-state index in [1.807, 2.05) is 37.3 Å². The highest BCUT2D eigenvalue weighted by atomic mass is 35.5. The highest BCUT2D eigenvalue weighted by molar-refractivity contribution is 7.22. The predicted octanol–water partition coefficient (Wildman–Crippen LogP) is 6.15. The maximum Gasteiger partial charge on any atom is 0.261 e. The zero-order chi connectivity index (χ0) is 19.7. The summed E-state index contributed by atoms with van der Waals surface area (Å²) in [5.41, 5.74) is 3.13. The van der Waals surface area contributed by atoms with Crippen LogP contribution in [-0.2, 0) is 6.54 Å². The number of rotatable bonds is 4. The number of nitrogens with zero attached hydrogens (tertiary/aromatic N) is 3. The number of hydrogen-bond donors (Lipinski definition) is 0. The average molecular weight is 428 g/mol. The molecule has 2 aromatic carbocycles. The third kappa shape index (κ3) is 3.87. The van der Waals surface area contributed by atoms with E-state index >= 15 is 0 Å². The number of aromatic nitrogens is 2. The van der Waals surface area contributed by atoms with Gasteiger partial charge in [-0.3, -0.25) is 14.7 Å². The number of anilines is 1. The average Bonchev–Trinajstić information content (AvgIpc) is 3.09. The van der Waals surface area contributed by atoms with Crippen LogP contribution < -0.4 is 4.90 Å². The van der Waals surface area contributed by atoms with Crippen molar-refractivity contribution in [1.29, 1.82) is 0 Å². The van der Waals surface area contributed by atoms with Crippen LogP contribution >= 0.6 is 34.5 Å². The Morgan fingerprint density at radius 1 is 1.11 bits per heavy atom. The normalized spacial score (nSPS) is 11.0. The largest absolute Gasteiger partial charge is 0.278 e. The van der Waals surface area contributed by atoms with Crippen molar-refractivity contribution in [3.05, 3.63) is 87.7 Å². The van der Waals surface area contributed by atoms with Crippen molar-refractivity contribution in [1.82, 2.24) is 9.97 Å². The first kappa shape index (κ1) is 18.9. The Hall–Kier alpha value is -2.47. The summed E-state index contributed by atoms with van der Waals surface area (Å²) in [6, 6.07) is 16.5. The first-order valence-electron chi connectivity index (χ1n) is 8.55. The van der Waals surface area contributed by atoms with Gasteiger partial charge in [0.2, 0.25) is 0 Å². The molecule has 4 nitrogen and oxygen atoms in total. The van der Waals surface area contributed by atoms with Crippen LogP contribution in [-0.4, -0.2) is 15.9 Å². The molecule has 28 heavy (non-hydrogen) atoms. The molecule has 140 valence electrons. The zero-order valence-corrected chi connectivity index (χ0v) is 17.2. The first-order chi connectivity index (χ1) is 13.5. The molecule has 0 radical (unpaired) electrons. The number of carbonyl (C=O) groups excluding carboxylic acids is 1. The Labute approximate surface area is 176 Å². The molecule has 0 saturated carbocycles. The molecule has 0 saturated heterocycles. The standard InChI is InChI=1S/C21H15Cl2N3OS/c1-13-5-8-18-19(10-13)28-21(25-18)26(12-15-4-2-3-9-24-15)20(27)16-7-6-14(22)11-17(16)23/h2-11H,12H2,1H3. The monoisotopic (exact) mass is 427 g/mol. The number of fused-ring (bicyclic) bond motifs is 1. The lowest BCUT2D eigenvalue weighted by atomic mass is 10.2. The summed E-state index contributed by atoms with van der Waals surface area (Å²) in [5, 5.41) is 1.39. The first-order valence-corrected chi connectivity index (χ1v) is 10.1. The number of pyridine rings is 1. The molecular weight excluding hydrogens is 413 g/mol. The van der Waals surface area contributed by atoms with E-state index in [2.05, 4.69) is 16.0 Å². The fourth-order valence-electron chi connectivity index (χ4n) is 2.82. The van der Waals surface area contributed by atoms with Gasteiger partial charge in [0.15, 0.2) is 5.13 Å². The Morgan fingerprint density at radius 3 is 2.71 bits per heavy atom. The van der Waals surface area contributed by atoms with Crippen LogP contribution in [0.15, 0.2) is 60.8 Å². The quantitative estimate of drug-likeness (QED) is 0.392. The summed E-state index contributed by atoms with van der Waals surface area (Å²) in [5.74, 6) is -0.247. The van der Waals surface area contributed by atoms with Crippen molar-refractivity contribution < 1.29 is 4.79 Å². The second-order valence-electron chi connectivity index (χ2n) is 6.30. The maximum absolute atomic E-state index is 13.4. The minimum Gasteiger partial charge on any atom is -0.278 e. The predicted molar refractivity (Wildman–Crippen MR) is 116 cm³/mol. The van der Waals surface area contributed by atoms with E-state index < -0.39 is 0 Å². The van der Waals surface area contributed by atoms with E-state index in [-0.39, 0.29) is 12.5 Å². The van der Waals surface area contributed by atoms with Gasteiger partial charge in [0.1, 0.15) is 0 Å². The molecule has 2 aromatic heterocycles. The second-order valence-corrected chi connectivity index (χ2v) is 8.16. The van der Waals surface area contributed by atoms with Crippen molar-refractivity contribution in [3.8, 4) is 0 Å². The van der Waals surface area contributed by atoms with Gasteiger partial charge in [0.05, 0.1) is 33.0 Å². The lowest BCUT2D eigenvalue weighted by Crippen LogP contribution is -2.31. The number of halogens is 2. The Balaban J connectivity index is 1.79. The molecule has 0 aliphatic heterocycles. The molecule has 0 N–H and O–H groups in total. The van der Waals surface area contributed by atoms with Crippen molar-refractivity contribution in [2.24, 2.45) is 0 Å². The minimum atomic E-state index is -0.247. The smallest absolute Gasteiger partial charge is 0.261 e. The van der Waals surface area contributed by atoms with Gasteiger partial charge >= 0.3 is 0 Å². The van der Waals surface area contributed by atoms with Crippen molar-refractivity contribution in [2.45, 2.75) is 13.5 Å². The van der Waals surface area contributed by atoms with Gasteiger partial charge < -0.3 is 0 Å². The maximum atomic E-state index is 13.4. The molecule has 0 aliphatic rings. The van der Waals surface area contributed by atoms with Gasteiger partial charge in [0, 0.05) is 11.2 Å². The zero-order valence-electron chi connectivity index (χ0n) is 14.9. The Bertz CT molecular complexity index is 1160. The van der Waals surface area contributed by atoms with Crippen molar-refractivity contribution in [3.63, 3.8) is 0 Å². The van der Waals surface area contributed by atoms with Gasteiger partial charge in [-0.25, -0.2) is 4.98 Å². The van der Waals surface area contributed by atoms with Gasteiger partial charge in [-0.1, -0.05) is 46.7 Å². The van der Waals surface area contributed by atoms with Crippen LogP contribution in [0.2, 0.25) is 10.0 Å². The van der Waals surface area contributed by atoms with Crippen LogP contribution in [0.5, 0.6) is 0 Å². The second kappa shape index (κ2) is 7.87. The van der Waals surface area contributed by atoms with Crippen LogP contribution in [0.3, 0.4) is 0 Å². The van der Waals surface area contributed by atoms with E-state index in [1.54, 1.807) is 29.3 Å². The molecular formula is C21H15Cl2N3OS. The summed E-state index contributed by atoms with van der Waals surface area (Å²) in [6.45, 7) is 2.32. The van der Waals surface area contributed by atoms with Crippen molar-refractivity contribution >= 4 is 55.8 Å². The third-order valence-electron chi connectivity index (χ3n) is 4.22. The Kier molecular flexibility index (Phi) is 5.31. The van der Waals surface area contributed by atoms with Crippen molar-refractivity contribution in [2.75, 3.05) is 4.90 Å². The van der Waals surface area contributed by atoms with Crippen LogP contribution in [0, 0.1) is 6.92 Å². The molecule has 4 rings (SSSR count). The summed E-state index contributed by atoms with van der Waals surface area (Å²) < 4.78 is 1.02.